The Morgan fingerprint density at radius 1 is 0.612 bits per heavy atom. The van der Waals surface area contributed by atoms with Crippen molar-refractivity contribution >= 4 is 17.9 Å². The third kappa shape index (κ3) is 34.0. The molecule has 0 saturated carbocycles. The third-order valence-corrected chi connectivity index (χ3v) is 8.21. The Kier molecular flexibility index (Phi) is 31.4. The zero-order valence-electron chi connectivity index (χ0n) is 32.1. The minimum atomic E-state index is -1.51. The fourth-order valence-corrected chi connectivity index (χ4v) is 5.09. The van der Waals surface area contributed by atoms with Crippen LogP contribution in [-0.2, 0) is 33.3 Å². The van der Waals surface area contributed by atoms with Crippen molar-refractivity contribution in [3.05, 3.63) is 24.3 Å². The quantitative estimate of drug-likeness (QED) is 0.0230. The summed E-state index contributed by atoms with van der Waals surface area (Å²) >= 11 is 0. The maximum atomic E-state index is 12.7. The van der Waals surface area contributed by atoms with Crippen molar-refractivity contribution in [3.8, 4) is 0 Å². The maximum Gasteiger partial charge on any atom is 0.361 e. The summed E-state index contributed by atoms with van der Waals surface area (Å²) in [6, 6.07) is 0. The molecule has 0 saturated heterocycles. The molecule has 0 amide bonds. The SMILES string of the molecule is CCCC/C=C\C/C=C\CCCCCCCC(=O)OC(COC(=O)CCCCCCCCCCCC)COC(OCC[N+](C)(C)C)C(=O)O. The summed E-state index contributed by atoms with van der Waals surface area (Å²) in [4.78, 5) is 36.8. The highest BCUT2D eigenvalue weighted by molar-refractivity contribution is 5.71. The molecule has 0 radical (unpaired) electrons. The molecule has 286 valence electrons. The van der Waals surface area contributed by atoms with Crippen molar-refractivity contribution in [1.82, 2.24) is 0 Å². The molecule has 0 bridgehead atoms. The highest BCUT2D eigenvalue weighted by atomic mass is 16.7. The summed E-state index contributed by atoms with van der Waals surface area (Å²) in [5.41, 5.74) is 0. The Bertz CT molecular complexity index is 867. The van der Waals surface area contributed by atoms with Gasteiger partial charge in [-0.2, -0.15) is 0 Å². The van der Waals surface area contributed by atoms with Gasteiger partial charge >= 0.3 is 17.9 Å². The summed E-state index contributed by atoms with van der Waals surface area (Å²) in [7, 11) is 5.94. The van der Waals surface area contributed by atoms with Crippen LogP contribution in [0.5, 0.6) is 0 Å². The largest absolute Gasteiger partial charge is 0.477 e. The van der Waals surface area contributed by atoms with Crippen LogP contribution >= 0.6 is 0 Å². The number of likely N-dealkylation sites (N-methyl/N-ethyl adjacent to an activating group) is 1. The molecule has 9 heteroatoms. The van der Waals surface area contributed by atoms with E-state index in [2.05, 4.69) is 38.2 Å². The standard InChI is InChI=1S/C40H73NO8/c1-6-8-10-12-14-16-18-19-20-21-23-25-27-29-31-38(43)49-36(35-48-40(39(44)45)46-33-32-41(3,4)5)34-47-37(42)30-28-26-24-22-17-15-13-11-9-7-2/h12,14,18-19,36,40H,6-11,13,15-17,20-35H2,1-5H3/p+1/b14-12-,19-18-. The average Bonchev–Trinajstić information content (AvgIpc) is 3.05. The minimum Gasteiger partial charge on any atom is -0.477 e. The molecule has 0 aliphatic carbocycles. The van der Waals surface area contributed by atoms with E-state index in [1.807, 2.05) is 21.1 Å². The highest BCUT2D eigenvalue weighted by Gasteiger charge is 2.25. The van der Waals surface area contributed by atoms with Crippen LogP contribution in [0.25, 0.3) is 0 Å². The number of allylic oxidation sites excluding steroid dienone is 4. The van der Waals surface area contributed by atoms with Crippen molar-refractivity contribution in [2.24, 2.45) is 0 Å². The number of hydrogen-bond donors (Lipinski definition) is 1. The van der Waals surface area contributed by atoms with E-state index in [0.29, 0.717) is 23.9 Å². The second-order valence-corrected chi connectivity index (χ2v) is 14.2. The van der Waals surface area contributed by atoms with Gasteiger partial charge in [-0.3, -0.25) is 9.59 Å². The van der Waals surface area contributed by atoms with Gasteiger partial charge in [0.15, 0.2) is 6.10 Å². The summed E-state index contributed by atoms with van der Waals surface area (Å²) in [6.07, 6.45) is 29.5. The Morgan fingerprint density at radius 2 is 1.12 bits per heavy atom. The maximum absolute atomic E-state index is 12.7. The number of ether oxygens (including phenoxy) is 4. The molecule has 0 aromatic heterocycles. The molecule has 0 aliphatic rings. The first-order valence-corrected chi connectivity index (χ1v) is 19.5. The van der Waals surface area contributed by atoms with Crippen molar-refractivity contribution in [3.63, 3.8) is 0 Å². The monoisotopic (exact) mass is 697 g/mol. The molecule has 2 atom stereocenters. The van der Waals surface area contributed by atoms with Crippen molar-refractivity contribution in [2.75, 3.05) is 47.5 Å². The van der Waals surface area contributed by atoms with E-state index in [0.717, 1.165) is 64.2 Å². The molecule has 9 nitrogen and oxygen atoms in total. The van der Waals surface area contributed by atoms with Crippen molar-refractivity contribution < 1.29 is 42.9 Å². The van der Waals surface area contributed by atoms with E-state index in [1.54, 1.807) is 0 Å². The predicted molar refractivity (Wildman–Crippen MR) is 198 cm³/mol. The number of carboxylic acids is 1. The van der Waals surface area contributed by atoms with Gasteiger partial charge in [-0.05, 0) is 38.5 Å². The Morgan fingerprint density at radius 3 is 1.67 bits per heavy atom. The summed E-state index contributed by atoms with van der Waals surface area (Å²) in [5, 5.41) is 9.58. The fourth-order valence-electron chi connectivity index (χ4n) is 5.09. The molecule has 49 heavy (non-hydrogen) atoms. The van der Waals surface area contributed by atoms with Gasteiger partial charge in [-0.15, -0.1) is 0 Å². The van der Waals surface area contributed by atoms with Crippen LogP contribution in [0, 0.1) is 0 Å². The van der Waals surface area contributed by atoms with Crippen LogP contribution in [-0.4, -0.2) is 87.4 Å². The molecule has 0 rings (SSSR count). The highest BCUT2D eigenvalue weighted by Crippen LogP contribution is 2.13. The van der Waals surface area contributed by atoms with Crippen LogP contribution in [0.1, 0.15) is 155 Å². The molecule has 0 aliphatic heterocycles. The van der Waals surface area contributed by atoms with Gasteiger partial charge in [0.1, 0.15) is 13.2 Å². The van der Waals surface area contributed by atoms with E-state index >= 15 is 0 Å². The minimum absolute atomic E-state index is 0.185. The lowest BCUT2D eigenvalue weighted by Crippen LogP contribution is -2.40. The molecule has 1 N–H and O–H groups in total. The van der Waals surface area contributed by atoms with Gasteiger partial charge in [0, 0.05) is 12.8 Å². The molecule has 0 spiro atoms. The van der Waals surface area contributed by atoms with Gasteiger partial charge in [0.2, 0.25) is 0 Å². The van der Waals surface area contributed by atoms with Gasteiger partial charge in [0.05, 0.1) is 34.4 Å². The van der Waals surface area contributed by atoms with E-state index < -0.39 is 24.3 Å². The van der Waals surface area contributed by atoms with E-state index in [9.17, 15) is 19.5 Å². The second-order valence-electron chi connectivity index (χ2n) is 14.2. The van der Waals surface area contributed by atoms with Crippen LogP contribution in [0.2, 0.25) is 0 Å². The molecule has 2 unspecified atom stereocenters. The number of aliphatic carboxylic acids is 1. The number of hydrogen-bond acceptors (Lipinski definition) is 7. The lowest BCUT2D eigenvalue weighted by molar-refractivity contribution is -0.870. The van der Waals surface area contributed by atoms with Crippen LogP contribution < -0.4 is 0 Å². The fraction of sp³-hybridized carbons (Fsp3) is 0.825. The number of quaternary nitrogens is 1. The molecule has 0 fully saturated rings. The zero-order valence-corrected chi connectivity index (χ0v) is 32.1. The number of nitrogens with zero attached hydrogens (tertiary/aromatic N) is 1. The predicted octanol–water partition coefficient (Wildman–Crippen LogP) is 9.33. The first kappa shape index (κ1) is 46.8. The second kappa shape index (κ2) is 32.9. The normalized spacial score (nSPS) is 13.2. The van der Waals surface area contributed by atoms with Crippen LogP contribution in [0.3, 0.4) is 0 Å². The van der Waals surface area contributed by atoms with E-state index in [4.69, 9.17) is 18.9 Å². The van der Waals surface area contributed by atoms with E-state index in [1.165, 1.54) is 57.8 Å². The number of carbonyl (C=O) groups excluding carboxylic acids is 2. The van der Waals surface area contributed by atoms with Crippen molar-refractivity contribution in [1.29, 1.82) is 0 Å². The third-order valence-electron chi connectivity index (χ3n) is 8.21. The summed E-state index contributed by atoms with van der Waals surface area (Å²) in [5.74, 6) is -2.03. The number of carboxylic acid groups (broad SMARTS) is 1. The average molecular weight is 697 g/mol. The van der Waals surface area contributed by atoms with Crippen molar-refractivity contribution in [2.45, 2.75) is 167 Å². The Hall–Kier alpha value is -2.23. The van der Waals surface area contributed by atoms with Gasteiger partial charge < -0.3 is 28.5 Å². The molecule has 0 aromatic rings. The molecular formula is C40H74NO8+. The lowest BCUT2D eigenvalue weighted by atomic mass is 10.1. The van der Waals surface area contributed by atoms with Gasteiger partial charge in [0.25, 0.3) is 6.29 Å². The number of esters is 2. The molecule has 0 aromatic carbocycles. The van der Waals surface area contributed by atoms with Gasteiger partial charge in [-0.25, -0.2) is 4.79 Å². The Balaban J connectivity index is 4.56. The van der Waals surface area contributed by atoms with Gasteiger partial charge in [-0.1, -0.05) is 128 Å². The number of unbranched alkanes of at least 4 members (excludes halogenated alkanes) is 16. The zero-order chi connectivity index (χ0) is 36.4. The lowest BCUT2D eigenvalue weighted by Gasteiger charge is -2.25. The topological polar surface area (TPSA) is 108 Å². The molecular weight excluding hydrogens is 622 g/mol. The smallest absolute Gasteiger partial charge is 0.361 e. The van der Waals surface area contributed by atoms with E-state index in [-0.39, 0.29) is 32.2 Å². The number of rotatable bonds is 35. The summed E-state index contributed by atoms with van der Waals surface area (Å²) in [6.45, 7) is 4.78. The number of carbonyl (C=O) groups is 3. The van der Waals surface area contributed by atoms with Crippen LogP contribution in [0.4, 0.5) is 0 Å². The first-order chi connectivity index (χ1) is 23.6. The Labute approximate surface area is 299 Å². The van der Waals surface area contributed by atoms with Crippen LogP contribution in [0.15, 0.2) is 24.3 Å². The first-order valence-electron chi connectivity index (χ1n) is 19.5. The summed E-state index contributed by atoms with van der Waals surface area (Å²) < 4.78 is 22.6. The molecule has 0 heterocycles.